The van der Waals surface area contributed by atoms with Crippen LogP contribution < -0.4 is 0 Å². The molecule has 23 heavy (non-hydrogen) atoms. The van der Waals surface area contributed by atoms with Crippen LogP contribution in [-0.4, -0.2) is 71.7 Å². The van der Waals surface area contributed by atoms with Crippen LogP contribution in [0.4, 0.5) is 0 Å². The number of likely N-dealkylation sites (tertiary alicyclic amines) is 2. The molecule has 2 heterocycles. The highest BCUT2D eigenvalue weighted by atomic mass is 16.2. The maximum atomic E-state index is 12.7. The molecule has 6 heteroatoms. The summed E-state index contributed by atoms with van der Waals surface area (Å²) in [6.45, 7) is 7.73. The Hall–Kier alpha value is -1.59. The van der Waals surface area contributed by atoms with Gasteiger partial charge in [-0.25, -0.2) is 0 Å². The molecule has 0 saturated carbocycles. The summed E-state index contributed by atoms with van der Waals surface area (Å²) in [4.78, 5) is 42.1. The lowest BCUT2D eigenvalue weighted by molar-refractivity contribution is -0.141. The van der Waals surface area contributed by atoms with Gasteiger partial charge in [-0.2, -0.15) is 0 Å². The van der Waals surface area contributed by atoms with Gasteiger partial charge in [-0.3, -0.25) is 14.4 Å². The van der Waals surface area contributed by atoms with Gasteiger partial charge >= 0.3 is 0 Å². The highest BCUT2D eigenvalue weighted by Gasteiger charge is 2.41. The van der Waals surface area contributed by atoms with Crippen molar-refractivity contribution in [3.8, 4) is 0 Å². The lowest BCUT2D eigenvalue weighted by atomic mass is 9.94. The van der Waals surface area contributed by atoms with E-state index in [2.05, 4.69) is 0 Å². The topological polar surface area (TPSA) is 60.9 Å². The Morgan fingerprint density at radius 2 is 1.65 bits per heavy atom. The minimum absolute atomic E-state index is 0.0188. The Morgan fingerprint density at radius 1 is 1.09 bits per heavy atom. The van der Waals surface area contributed by atoms with Crippen LogP contribution >= 0.6 is 0 Å². The zero-order valence-electron chi connectivity index (χ0n) is 15.0. The number of hydrogen-bond acceptors (Lipinski definition) is 3. The van der Waals surface area contributed by atoms with Gasteiger partial charge in [-0.1, -0.05) is 0 Å². The molecule has 0 aromatic heterocycles. The van der Waals surface area contributed by atoms with E-state index in [1.807, 2.05) is 25.7 Å². The first-order chi connectivity index (χ1) is 10.6. The molecular formula is C17H29N3O3. The van der Waals surface area contributed by atoms with Gasteiger partial charge in [0.25, 0.3) is 0 Å². The smallest absolute Gasteiger partial charge is 0.227 e. The van der Waals surface area contributed by atoms with Crippen molar-refractivity contribution in [2.45, 2.75) is 45.6 Å². The first-order valence-corrected chi connectivity index (χ1v) is 8.41. The van der Waals surface area contributed by atoms with E-state index in [0.29, 0.717) is 38.9 Å². The lowest BCUT2D eigenvalue weighted by Gasteiger charge is -2.35. The Bertz CT molecular complexity index is 488. The molecule has 2 saturated heterocycles. The van der Waals surface area contributed by atoms with Crippen LogP contribution in [0.1, 0.15) is 40.0 Å². The van der Waals surface area contributed by atoms with E-state index < -0.39 is 0 Å². The third kappa shape index (κ3) is 3.85. The predicted octanol–water partition coefficient (Wildman–Crippen LogP) is 0.960. The van der Waals surface area contributed by atoms with E-state index >= 15 is 0 Å². The number of hydrogen-bond donors (Lipinski definition) is 0. The van der Waals surface area contributed by atoms with Gasteiger partial charge in [0.1, 0.15) is 0 Å². The number of amides is 3. The average Bonchev–Trinajstić information content (AvgIpc) is 2.88. The zero-order valence-corrected chi connectivity index (χ0v) is 15.0. The van der Waals surface area contributed by atoms with Crippen molar-refractivity contribution in [3.05, 3.63) is 0 Å². The molecule has 130 valence electrons. The van der Waals surface area contributed by atoms with Gasteiger partial charge < -0.3 is 14.7 Å². The molecule has 0 aromatic rings. The molecule has 2 rings (SSSR count). The van der Waals surface area contributed by atoms with Crippen LogP contribution in [0.15, 0.2) is 0 Å². The normalized spacial score (nSPS) is 23.3. The van der Waals surface area contributed by atoms with Crippen LogP contribution in [0.2, 0.25) is 0 Å². The highest BCUT2D eigenvalue weighted by molar-refractivity contribution is 5.89. The van der Waals surface area contributed by atoms with Crippen molar-refractivity contribution in [1.82, 2.24) is 14.7 Å². The van der Waals surface area contributed by atoms with Crippen LogP contribution in [0.3, 0.4) is 0 Å². The van der Waals surface area contributed by atoms with E-state index in [1.54, 1.807) is 23.9 Å². The van der Waals surface area contributed by atoms with E-state index in [-0.39, 0.29) is 35.1 Å². The Morgan fingerprint density at radius 3 is 2.09 bits per heavy atom. The predicted molar refractivity (Wildman–Crippen MR) is 87.6 cm³/mol. The zero-order chi connectivity index (χ0) is 17.4. The fourth-order valence-corrected chi connectivity index (χ4v) is 3.49. The van der Waals surface area contributed by atoms with Crippen molar-refractivity contribution >= 4 is 17.7 Å². The summed E-state index contributed by atoms with van der Waals surface area (Å²) in [6.07, 6.45) is 1.74. The van der Waals surface area contributed by atoms with Crippen LogP contribution in [0.25, 0.3) is 0 Å². The first kappa shape index (κ1) is 17.8. The average molecular weight is 323 g/mol. The van der Waals surface area contributed by atoms with E-state index in [0.717, 1.165) is 0 Å². The van der Waals surface area contributed by atoms with Gasteiger partial charge in [0, 0.05) is 51.6 Å². The van der Waals surface area contributed by atoms with Crippen LogP contribution in [0, 0.1) is 11.8 Å². The second-order valence-electron chi connectivity index (χ2n) is 7.91. The van der Waals surface area contributed by atoms with E-state index in [9.17, 15) is 14.4 Å². The maximum absolute atomic E-state index is 12.7. The number of rotatable bonds is 2. The fraction of sp³-hybridized carbons (Fsp3) is 0.824. The third-order valence-electron chi connectivity index (χ3n) is 4.88. The molecule has 2 aliphatic rings. The van der Waals surface area contributed by atoms with Crippen molar-refractivity contribution in [2.24, 2.45) is 11.8 Å². The molecule has 6 nitrogen and oxygen atoms in total. The monoisotopic (exact) mass is 323 g/mol. The van der Waals surface area contributed by atoms with Crippen LogP contribution in [0.5, 0.6) is 0 Å². The van der Waals surface area contributed by atoms with Crippen molar-refractivity contribution in [2.75, 3.05) is 33.7 Å². The number of nitrogens with zero attached hydrogens (tertiary/aromatic N) is 3. The number of carbonyl (C=O) groups is 3. The summed E-state index contributed by atoms with van der Waals surface area (Å²) in [5, 5.41) is 0. The number of piperidine rings is 1. The van der Waals surface area contributed by atoms with Gasteiger partial charge in [0.05, 0.1) is 5.92 Å². The van der Waals surface area contributed by atoms with E-state index in [1.165, 1.54) is 0 Å². The molecular weight excluding hydrogens is 294 g/mol. The van der Waals surface area contributed by atoms with Crippen molar-refractivity contribution < 1.29 is 14.4 Å². The second kappa shape index (κ2) is 6.49. The van der Waals surface area contributed by atoms with Gasteiger partial charge in [-0.15, -0.1) is 0 Å². The summed E-state index contributed by atoms with van der Waals surface area (Å²) < 4.78 is 0. The quantitative estimate of drug-likeness (QED) is 0.760. The van der Waals surface area contributed by atoms with E-state index in [4.69, 9.17) is 0 Å². The van der Waals surface area contributed by atoms with Crippen LogP contribution in [-0.2, 0) is 14.4 Å². The highest BCUT2D eigenvalue weighted by Crippen LogP contribution is 2.28. The minimum atomic E-state index is -0.239. The standard InChI is InChI=1S/C17H29N3O3/c1-17(2,3)20-11-13(10-14(20)21)16(23)19-8-6-12(7-9-19)15(22)18(4)5/h12-13H,6-11H2,1-5H3. The molecule has 0 aromatic carbocycles. The number of carbonyl (C=O) groups excluding carboxylic acids is 3. The Kier molecular flexibility index (Phi) is 5.01. The molecule has 0 aliphatic carbocycles. The van der Waals surface area contributed by atoms with Gasteiger partial charge in [0.2, 0.25) is 17.7 Å². The molecule has 0 N–H and O–H groups in total. The fourth-order valence-electron chi connectivity index (χ4n) is 3.49. The molecule has 2 aliphatic heterocycles. The third-order valence-corrected chi connectivity index (χ3v) is 4.88. The van der Waals surface area contributed by atoms with Gasteiger partial charge in [-0.05, 0) is 33.6 Å². The summed E-state index contributed by atoms with van der Waals surface area (Å²) in [5.41, 5.74) is -0.239. The molecule has 0 radical (unpaired) electrons. The minimum Gasteiger partial charge on any atom is -0.349 e. The molecule has 0 bridgehead atoms. The molecule has 1 unspecified atom stereocenters. The largest absolute Gasteiger partial charge is 0.349 e. The molecule has 3 amide bonds. The lowest BCUT2D eigenvalue weighted by Crippen LogP contribution is -2.46. The second-order valence-corrected chi connectivity index (χ2v) is 7.91. The van der Waals surface area contributed by atoms with Gasteiger partial charge in [0.15, 0.2) is 0 Å². The first-order valence-electron chi connectivity index (χ1n) is 8.41. The maximum Gasteiger partial charge on any atom is 0.227 e. The molecule has 1 atom stereocenters. The Balaban J connectivity index is 1.91. The van der Waals surface area contributed by atoms with Crippen molar-refractivity contribution in [1.29, 1.82) is 0 Å². The molecule has 0 spiro atoms. The Labute approximate surface area is 138 Å². The summed E-state index contributed by atoms with van der Waals surface area (Å²) in [6, 6.07) is 0. The summed E-state index contributed by atoms with van der Waals surface area (Å²) >= 11 is 0. The SMILES string of the molecule is CN(C)C(=O)C1CCN(C(=O)C2CC(=O)N(C(C)(C)C)C2)CC1. The summed E-state index contributed by atoms with van der Waals surface area (Å²) in [7, 11) is 3.54. The summed E-state index contributed by atoms with van der Waals surface area (Å²) in [5.74, 6) is 0.0644. The van der Waals surface area contributed by atoms with Crippen molar-refractivity contribution in [3.63, 3.8) is 0 Å². The molecule has 2 fully saturated rings.